The summed E-state index contributed by atoms with van der Waals surface area (Å²) in [4.78, 5) is 0. The molecular weight excluding hydrogens is 266 g/mol. The molecule has 2 nitrogen and oxygen atoms in total. The van der Waals surface area contributed by atoms with Crippen LogP contribution >= 0.6 is 11.8 Å². The van der Waals surface area contributed by atoms with Crippen LogP contribution in [0.1, 0.15) is 58.3 Å². The minimum atomic E-state index is 0.246. The van der Waals surface area contributed by atoms with E-state index >= 15 is 0 Å². The third-order valence-electron chi connectivity index (χ3n) is 5.70. The molecule has 1 saturated carbocycles. The lowest BCUT2D eigenvalue weighted by molar-refractivity contribution is -0.0892. The van der Waals surface area contributed by atoms with E-state index in [1.165, 1.54) is 62.9 Å². The monoisotopic (exact) mass is 297 g/mol. The Labute approximate surface area is 128 Å². The number of hydrogen-bond donors (Lipinski definition) is 1. The summed E-state index contributed by atoms with van der Waals surface area (Å²) >= 11 is 2.10. The van der Waals surface area contributed by atoms with Gasteiger partial charge in [-0.25, -0.2) is 0 Å². The maximum Gasteiger partial charge on any atom is 0.0783 e. The van der Waals surface area contributed by atoms with E-state index < -0.39 is 0 Å². The van der Waals surface area contributed by atoms with Crippen LogP contribution in [0.4, 0.5) is 0 Å². The van der Waals surface area contributed by atoms with Gasteiger partial charge in [-0.2, -0.15) is 11.8 Å². The Morgan fingerprint density at radius 3 is 2.75 bits per heavy atom. The van der Waals surface area contributed by atoms with Crippen LogP contribution in [0.15, 0.2) is 0 Å². The third-order valence-corrected chi connectivity index (χ3v) is 6.93. The highest BCUT2D eigenvalue weighted by Crippen LogP contribution is 2.43. The highest BCUT2D eigenvalue weighted by atomic mass is 32.2. The fourth-order valence-corrected chi connectivity index (χ4v) is 6.06. The molecule has 3 aliphatic rings. The third kappa shape index (κ3) is 3.36. The summed E-state index contributed by atoms with van der Waals surface area (Å²) in [7, 11) is 0. The summed E-state index contributed by atoms with van der Waals surface area (Å²) in [5.74, 6) is 4.33. The van der Waals surface area contributed by atoms with Gasteiger partial charge >= 0.3 is 0 Å². The van der Waals surface area contributed by atoms with E-state index in [9.17, 15) is 0 Å². The van der Waals surface area contributed by atoms with Gasteiger partial charge in [0.25, 0.3) is 0 Å². The van der Waals surface area contributed by atoms with E-state index in [0.717, 1.165) is 31.0 Å². The summed E-state index contributed by atoms with van der Waals surface area (Å²) in [5, 5.41) is 3.87. The van der Waals surface area contributed by atoms with Crippen LogP contribution in [0.2, 0.25) is 0 Å². The summed E-state index contributed by atoms with van der Waals surface area (Å²) < 4.78 is 6.22. The van der Waals surface area contributed by atoms with Crippen LogP contribution in [0.25, 0.3) is 0 Å². The normalized spacial score (nSPS) is 37.4. The highest BCUT2D eigenvalue weighted by molar-refractivity contribution is 7.99. The molecule has 3 atom stereocenters. The second kappa shape index (κ2) is 7.02. The zero-order valence-corrected chi connectivity index (χ0v) is 13.9. The van der Waals surface area contributed by atoms with Gasteiger partial charge in [-0.15, -0.1) is 0 Å². The number of thioether (sulfide) groups is 1. The number of hydrogen-bond acceptors (Lipinski definition) is 3. The average molecular weight is 298 g/mol. The molecule has 0 aromatic carbocycles. The lowest BCUT2D eigenvalue weighted by Crippen LogP contribution is -2.50. The Morgan fingerprint density at radius 2 is 2.05 bits per heavy atom. The molecule has 3 fully saturated rings. The Kier molecular flexibility index (Phi) is 5.33. The molecule has 1 N–H and O–H groups in total. The largest absolute Gasteiger partial charge is 0.374 e. The SMILES string of the molecule is CCNC(C1CCCCC1)C1CCOC2(CCSC2)C1. The van der Waals surface area contributed by atoms with Crippen LogP contribution in [-0.2, 0) is 4.74 Å². The van der Waals surface area contributed by atoms with E-state index in [-0.39, 0.29) is 5.60 Å². The van der Waals surface area contributed by atoms with Crippen molar-refractivity contribution in [2.24, 2.45) is 11.8 Å². The van der Waals surface area contributed by atoms with Crippen molar-refractivity contribution < 1.29 is 4.74 Å². The smallest absolute Gasteiger partial charge is 0.0783 e. The molecule has 3 heteroatoms. The van der Waals surface area contributed by atoms with Crippen molar-refractivity contribution in [3.05, 3.63) is 0 Å². The molecule has 0 aromatic heterocycles. The first-order chi connectivity index (χ1) is 9.83. The van der Waals surface area contributed by atoms with Crippen molar-refractivity contribution in [2.45, 2.75) is 69.9 Å². The molecule has 116 valence electrons. The Morgan fingerprint density at radius 1 is 1.20 bits per heavy atom. The van der Waals surface area contributed by atoms with Gasteiger partial charge in [0.2, 0.25) is 0 Å². The number of rotatable bonds is 4. The molecule has 2 saturated heterocycles. The molecule has 0 aromatic rings. The molecule has 3 rings (SSSR count). The van der Waals surface area contributed by atoms with Gasteiger partial charge in [0.1, 0.15) is 0 Å². The van der Waals surface area contributed by atoms with Gasteiger partial charge in [-0.05, 0) is 56.2 Å². The van der Waals surface area contributed by atoms with Crippen molar-refractivity contribution in [1.29, 1.82) is 0 Å². The highest BCUT2D eigenvalue weighted by Gasteiger charge is 2.43. The predicted molar refractivity (Wildman–Crippen MR) is 87.4 cm³/mol. The molecule has 1 spiro atoms. The predicted octanol–water partition coefficient (Wildman–Crippen LogP) is 3.85. The standard InChI is InChI=1S/C17H31NOS/c1-2-18-16(14-6-4-3-5-7-14)15-8-10-19-17(12-15)9-11-20-13-17/h14-16,18H,2-13H2,1H3. The second-order valence-electron chi connectivity index (χ2n) is 7.07. The summed E-state index contributed by atoms with van der Waals surface area (Å²) in [6, 6.07) is 0.756. The van der Waals surface area contributed by atoms with Gasteiger partial charge in [-0.3, -0.25) is 0 Å². The van der Waals surface area contributed by atoms with Crippen LogP contribution in [0.3, 0.4) is 0 Å². The van der Waals surface area contributed by atoms with Crippen LogP contribution in [-0.4, -0.2) is 36.3 Å². The zero-order valence-electron chi connectivity index (χ0n) is 13.0. The molecule has 0 radical (unpaired) electrons. The Bertz CT molecular complexity index is 297. The topological polar surface area (TPSA) is 21.3 Å². The summed E-state index contributed by atoms with van der Waals surface area (Å²) in [5.41, 5.74) is 0.246. The van der Waals surface area contributed by atoms with Crippen molar-refractivity contribution in [2.75, 3.05) is 24.7 Å². The quantitative estimate of drug-likeness (QED) is 0.851. The van der Waals surface area contributed by atoms with Crippen LogP contribution in [0, 0.1) is 11.8 Å². The molecule has 3 unspecified atom stereocenters. The van der Waals surface area contributed by atoms with Crippen molar-refractivity contribution >= 4 is 11.8 Å². The van der Waals surface area contributed by atoms with Gasteiger partial charge in [0, 0.05) is 18.4 Å². The molecule has 0 bridgehead atoms. The van der Waals surface area contributed by atoms with Crippen molar-refractivity contribution in [1.82, 2.24) is 5.32 Å². The average Bonchev–Trinajstić information content (AvgIpc) is 2.93. The van der Waals surface area contributed by atoms with Crippen molar-refractivity contribution in [3.8, 4) is 0 Å². The number of nitrogens with one attached hydrogen (secondary N) is 1. The van der Waals surface area contributed by atoms with E-state index in [2.05, 4.69) is 24.0 Å². The molecule has 2 aliphatic heterocycles. The van der Waals surface area contributed by atoms with Crippen molar-refractivity contribution in [3.63, 3.8) is 0 Å². The molecule has 20 heavy (non-hydrogen) atoms. The van der Waals surface area contributed by atoms with Gasteiger partial charge in [0.15, 0.2) is 0 Å². The van der Waals surface area contributed by atoms with E-state index in [0.29, 0.717) is 0 Å². The maximum absolute atomic E-state index is 6.22. The molecular formula is C17H31NOS. The fraction of sp³-hybridized carbons (Fsp3) is 1.00. The number of ether oxygens (including phenoxy) is 1. The molecule has 2 heterocycles. The lowest BCUT2D eigenvalue weighted by Gasteiger charge is -2.44. The van der Waals surface area contributed by atoms with Crippen LogP contribution in [0.5, 0.6) is 0 Å². The first-order valence-electron chi connectivity index (χ1n) is 8.78. The van der Waals surface area contributed by atoms with Gasteiger partial charge in [-0.1, -0.05) is 26.2 Å². The molecule has 1 aliphatic carbocycles. The molecule has 0 amide bonds. The lowest BCUT2D eigenvalue weighted by atomic mass is 9.73. The minimum Gasteiger partial charge on any atom is -0.374 e. The first kappa shape index (κ1) is 15.2. The van der Waals surface area contributed by atoms with Crippen LogP contribution < -0.4 is 5.32 Å². The van der Waals surface area contributed by atoms with Gasteiger partial charge in [0.05, 0.1) is 5.60 Å². The Hall–Kier alpha value is 0.270. The summed E-state index contributed by atoms with van der Waals surface area (Å²) in [6.45, 7) is 4.40. The van der Waals surface area contributed by atoms with E-state index in [1.54, 1.807) is 0 Å². The van der Waals surface area contributed by atoms with Gasteiger partial charge < -0.3 is 10.1 Å². The first-order valence-corrected chi connectivity index (χ1v) is 9.93. The second-order valence-corrected chi connectivity index (χ2v) is 8.17. The summed E-state index contributed by atoms with van der Waals surface area (Å²) in [6.07, 6.45) is 11.2. The van der Waals surface area contributed by atoms with E-state index in [1.807, 2.05) is 0 Å². The Balaban J connectivity index is 1.66. The maximum atomic E-state index is 6.22. The zero-order chi connectivity index (χ0) is 13.8. The minimum absolute atomic E-state index is 0.246. The van der Waals surface area contributed by atoms with E-state index in [4.69, 9.17) is 4.74 Å². The fourth-order valence-electron chi connectivity index (χ4n) is 4.68.